The van der Waals surface area contributed by atoms with E-state index in [9.17, 15) is 39.3 Å². The Morgan fingerprint density at radius 1 is 0.694 bits per heavy atom. The normalized spacial score (nSPS) is 13.0. The van der Waals surface area contributed by atoms with E-state index in [4.69, 9.17) is 15.9 Å². The first-order valence-electron chi connectivity index (χ1n) is 10.9. The van der Waals surface area contributed by atoms with Crippen molar-refractivity contribution in [1.82, 2.24) is 14.7 Å². The molecular formula is C22H32N4O10. The van der Waals surface area contributed by atoms with Crippen molar-refractivity contribution in [3.05, 3.63) is 29.8 Å². The Morgan fingerprint density at radius 2 is 1.11 bits per heavy atom. The number of carboxylic acid groups (broad SMARTS) is 5. The average Bonchev–Trinajstić information content (AvgIpc) is 2.72. The maximum absolute atomic E-state index is 11.6. The number of anilines is 1. The first-order chi connectivity index (χ1) is 16.8. The summed E-state index contributed by atoms with van der Waals surface area (Å²) in [4.78, 5) is 60.6. The minimum absolute atomic E-state index is 0.0704. The molecule has 1 aromatic rings. The van der Waals surface area contributed by atoms with Crippen molar-refractivity contribution in [1.29, 1.82) is 0 Å². The molecule has 14 heteroatoms. The maximum Gasteiger partial charge on any atom is 0.317 e. The molecule has 200 valence electrons. The zero-order valence-corrected chi connectivity index (χ0v) is 19.8. The number of hydrogen-bond acceptors (Lipinski definition) is 9. The first-order valence-corrected chi connectivity index (χ1v) is 10.9. The van der Waals surface area contributed by atoms with Gasteiger partial charge in [0.25, 0.3) is 0 Å². The molecule has 0 amide bonds. The van der Waals surface area contributed by atoms with Gasteiger partial charge < -0.3 is 31.3 Å². The Hall–Kier alpha value is -3.75. The summed E-state index contributed by atoms with van der Waals surface area (Å²) in [5.41, 5.74) is 6.90. The maximum atomic E-state index is 11.6. The summed E-state index contributed by atoms with van der Waals surface area (Å²) in [6.07, 6.45) is 0.166. The third-order valence-corrected chi connectivity index (χ3v) is 5.29. The van der Waals surface area contributed by atoms with Crippen LogP contribution >= 0.6 is 0 Å². The van der Waals surface area contributed by atoms with Gasteiger partial charge >= 0.3 is 29.8 Å². The molecule has 0 radical (unpaired) electrons. The van der Waals surface area contributed by atoms with E-state index in [0.29, 0.717) is 11.3 Å². The molecule has 1 aromatic carbocycles. The number of nitrogens with zero attached hydrogens (tertiary/aromatic N) is 3. The number of carbonyl (C=O) groups is 5. The van der Waals surface area contributed by atoms with E-state index in [-0.39, 0.29) is 19.5 Å². The van der Waals surface area contributed by atoms with Crippen LogP contribution in [0, 0.1) is 0 Å². The van der Waals surface area contributed by atoms with Crippen molar-refractivity contribution in [2.45, 2.75) is 25.4 Å². The number of benzene rings is 1. The fourth-order valence-corrected chi connectivity index (χ4v) is 3.79. The van der Waals surface area contributed by atoms with E-state index in [1.807, 2.05) is 0 Å². The van der Waals surface area contributed by atoms with E-state index in [1.54, 1.807) is 31.2 Å². The first kappa shape index (κ1) is 30.3. The Balaban J connectivity index is 3.27. The topological polar surface area (TPSA) is 222 Å². The van der Waals surface area contributed by atoms with E-state index >= 15 is 0 Å². The summed E-state index contributed by atoms with van der Waals surface area (Å²) < 4.78 is 0. The van der Waals surface area contributed by atoms with Crippen LogP contribution < -0.4 is 5.73 Å². The largest absolute Gasteiger partial charge is 0.480 e. The van der Waals surface area contributed by atoms with Crippen molar-refractivity contribution >= 4 is 35.5 Å². The van der Waals surface area contributed by atoms with Crippen molar-refractivity contribution in [2.75, 3.05) is 51.5 Å². The number of hydrogen-bond donors (Lipinski definition) is 6. The molecule has 0 aliphatic heterocycles. The van der Waals surface area contributed by atoms with Gasteiger partial charge in [0.1, 0.15) is 0 Å². The third-order valence-electron chi connectivity index (χ3n) is 5.29. The van der Waals surface area contributed by atoms with Gasteiger partial charge in [0.2, 0.25) is 0 Å². The van der Waals surface area contributed by atoms with Gasteiger partial charge in [-0.3, -0.25) is 38.7 Å². The van der Waals surface area contributed by atoms with E-state index < -0.39 is 74.7 Å². The summed E-state index contributed by atoms with van der Waals surface area (Å²) in [5.74, 6) is -6.29. The number of nitrogen functional groups attached to an aromatic ring is 1. The Morgan fingerprint density at radius 3 is 1.53 bits per heavy atom. The second-order valence-corrected chi connectivity index (χ2v) is 8.42. The average molecular weight is 513 g/mol. The molecule has 7 N–H and O–H groups in total. The summed E-state index contributed by atoms with van der Waals surface area (Å²) in [5, 5.41) is 46.4. The molecule has 0 aromatic heterocycles. The van der Waals surface area contributed by atoms with Crippen molar-refractivity contribution < 1.29 is 49.5 Å². The number of aliphatic carboxylic acids is 5. The number of carboxylic acids is 5. The smallest absolute Gasteiger partial charge is 0.317 e. The Labute approximate surface area is 207 Å². The van der Waals surface area contributed by atoms with Gasteiger partial charge in [-0.25, -0.2) is 0 Å². The molecule has 0 saturated carbocycles. The van der Waals surface area contributed by atoms with Crippen LogP contribution in [0.1, 0.15) is 12.5 Å². The minimum Gasteiger partial charge on any atom is -0.480 e. The second-order valence-electron chi connectivity index (χ2n) is 8.42. The molecule has 36 heavy (non-hydrogen) atoms. The standard InChI is InChI=1S/C22H32N4O10/c1-14(25(10-19(29)30)11-20(31)32)7-24(9-18(27)28)8-17(6-15-2-4-16(23)5-3-15)26(12-21(33)34)13-22(35)36/h2-5,14,17H,6-13,23H2,1H3,(H,27,28)(H,29,30)(H,31,32)(H,33,34)(H,35,36)/t14-,17-/m0/s1. The van der Waals surface area contributed by atoms with Crippen LogP contribution in [0.2, 0.25) is 0 Å². The van der Waals surface area contributed by atoms with Gasteiger partial charge in [-0.2, -0.15) is 0 Å². The highest BCUT2D eigenvalue weighted by molar-refractivity contribution is 5.73. The molecule has 1 rings (SSSR count). The lowest BCUT2D eigenvalue weighted by atomic mass is 10.0. The number of nitrogens with two attached hydrogens (primary N) is 1. The van der Waals surface area contributed by atoms with Crippen LogP contribution in [0.3, 0.4) is 0 Å². The predicted octanol–water partition coefficient (Wildman–Crippen LogP) is -1.10. The lowest BCUT2D eigenvalue weighted by molar-refractivity contribution is -0.144. The molecule has 0 fully saturated rings. The number of rotatable bonds is 18. The van der Waals surface area contributed by atoms with Crippen LogP contribution in [0.15, 0.2) is 24.3 Å². The van der Waals surface area contributed by atoms with Crippen LogP contribution in [-0.2, 0) is 30.4 Å². The van der Waals surface area contributed by atoms with E-state index in [2.05, 4.69) is 0 Å². The summed E-state index contributed by atoms with van der Waals surface area (Å²) >= 11 is 0. The molecular weight excluding hydrogens is 480 g/mol. The quantitative estimate of drug-likeness (QED) is 0.128. The van der Waals surface area contributed by atoms with Crippen molar-refractivity contribution in [3.8, 4) is 0 Å². The molecule has 0 aliphatic rings. The van der Waals surface area contributed by atoms with Crippen LogP contribution in [0.4, 0.5) is 5.69 Å². The molecule has 2 atom stereocenters. The molecule has 0 unspecified atom stereocenters. The van der Waals surface area contributed by atoms with E-state index in [1.165, 1.54) is 9.80 Å². The monoisotopic (exact) mass is 512 g/mol. The summed E-state index contributed by atoms with van der Waals surface area (Å²) in [6.45, 7) is -1.55. The predicted molar refractivity (Wildman–Crippen MR) is 126 cm³/mol. The van der Waals surface area contributed by atoms with Crippen molar-refractivity contribution in [3.63, 3.8) is 0 Å². The second kappa shape index (κ2) is 14.6. The van der Waals surface area contributed by atoms with Crippen LogP contribution in [0.25, 0.3) is 0 Å². The molecule has 0 heterocycles. The SMILES string of the molecule is C[C@@H](CN(CC(=O)O)C[C@H](Cc1ccc(N)cc1)N(CC(=O)O)CC(=O)O)N(CC(=O)O)CC(=O)O. The fraction of sp³-hybridized carbons (Fsp3) is 0.500. The molecule has 0 aliphatic carbocycles. The van der Waals surface area contributed by atoms with Gasteiger partial charge in [-0.05, 0) is 31.0 Å². The van der Waals surface area contributed by atoms with Crippen LogP contribution in [0.5, 0.6) is 0 Å². The molecule has 0 saturated heterocycles. The van der Waals surface area contributed by atoms with Gasteiger partial charge in [0.15, 0.2) is 0 Å². The van der Waals surface area contributed by atoms with Gasteiger partial charge in [0.05, 0.1) is 32.7 Å². The summed E-state index contributed by atoms with van der Waals surface area (Å²) in [7, 11) is 0. The lowest BCUT2D eigenvalue weighted by Crippen LogP contribution is -2.53. The van der Waals surface area contributed by atoms with Gasteiger partial charge in [-0.1, -0.05) is 12.1 Å². The Kier molecular flexibility index (Phi) is 12.3. The zero-order chi connectivity index (χ0) is 27.4. The fourth-order valence-electron chi connectivity index (χ4n) is 3.79. The highest BCUT2D eigenvalue weighted by Crippen LogP contribution is 2.14. The molecule has 0 spiro atoms. The zero-order valence-electron chi connectivity index (χ0n) is 19.8. The van der Waals surface area contributed by atoms with Gasteiger partial charge in [-0.15, -0.1) is 0 Å². The third kappa shape index (κ3) is 12.1. The van der Waals surface area contributed by atoms with E-state index in [0.717, 1.165) is 4.90 Å². The Bertz CT molecular complexity index is 892. The lowest BCUT2D eigenvalue weighted by Gasteiger charge is -2.36. The summed E-state index contributed by atoms with van der Waals surface area (Å²) in [6, 6.07) is 5.15. The minimum atomic E-state index is -1.27. The van der Waals surface area contributed by atoms with Crippen LogP contribution in [-0.4, -0.2) is 128 Å². The van der Waals surface area contributed by atoms with Crippen molar-refractivity contribution in [2.24, 2.45) is 0 Å². The highest BCUT2D eigenvalue weighted by Gasteiger charge is 2.29. The molecule has 14 nitrogen and oxygen atoms in total. The van der Waals surface area contributed by atoms with Gasteiger partial charge in [0, 0.05) is 30.9 Å². The highest BCUT2D eigenvalue weighted by atomic mass is 16.4. The molecule has 0 bridgehead atoms.